The van der Waals surface area contributed by atoms with Crippen molar-refractivity contribution in [1.82, 2.24) is 10.4 Å². The van der Waals surface area contributed by atoms with E-state index in [1.165, 1.54) is 0 Å². The molecule has 7 nitrogen and oxygen atoms in total. The number of hydrazine groups is 1. The fourth-order valence-corrected chi connectivity index (χ4v) is 3.24. The number of para-hydroxylation sites is 1. The molecule has 1 N–H and O–H groups in total. The third-order valence-corrected chi connectivity index (χ3v) is 4.26. The van der Waals surface area contributed by atoms with Gasteiger partial charge in [0.15, 0.2) is 6.61 Å². The van der Waals surface area contributed by atoms with Gasteiger partial charge in [-0.3, -0.25) is 19.8 Å². The van der Waals surface area contributed by atoms with Crippen LogP contribution in [0.15, 0.2) is 42.5 Å². The first-order valence-electron chi connectivity index (χ1n) is 7.34. The second-order valence-electron chi connectivity index (χ2n) is 5.65. The molecule has 2 saturated heterocycles. The van der Waals surface area contributed by atoms with Crippen molar-refractivity contribution in [3.63, 3.8) is 0 Å². The molecule has 23 heavy (non-hydrogen) atoms. The predicted molar refractivity (Wildman–Crippen MR) is 76.7 cm³/mol. The van der Waals surface area contributed by atoms with Crippen molar-refractivity contribution in [1.29, 1.82) is 0 Å². The Morgan fingerprint density at radius 1 is 1.09 bits per heavy atom. The summed E-state index contributed by atoms with van der Waals surface area (Å²) < 4.78 is 10.8. The number of rotatable bonds is 4. The van der Waals surface area contributed by atoms with Gasteiger partial charge in [0.1, 0.15) is 5.75 Å². The molecule has 7 heteroatoms. The summed E-state index contributed by atoms with van der Waals surface area (Å²) in [4.78, 5) is 36.6. The fourth-order valence-electron chi connectivity index (χ4n) is 3.24. The molecule has 118 valence electrons. The molecule has 0 unspecified atom stereocenters. The lowest BCUT2D eigenvalue weighted by atomic mass is 9.85. The van der Waals surface area contributed by atoms with E-state index >= 15 is 0 Å². The van der Waals surface area contributed by atoms with Crippen molar-refractivity contribution in [2.75, 3.05) is 6.61 Å². The summed E-state index contributed by atoms with van der Waals surface area (Å²) in [5, 5.41) is 0.807. The molecule has 1 aromatic rings. The lowest BCUT2D eigenvalue weighted by molar-refractivity contribution is -0.151. The van der Waals surface area contributed by atoms with Crippen LogP contribution >= 0.6 is 0 Å². The van der Waals surface area contributed by atoms with E-state index in [4.69, 9.17) is 9.47 Å². The van der Waals surface area contributed by atoms with Gasteiger partial charge in [-0.05, 0) is 12.1 Å². The predicted octanol–water partition coefficient (Wildman–Crippen LogP) is 0.0350. The van der Waals surface area contributed by atoms with Gasteiger partial charge < -0.3 is 9.47 Å². The number of benzene rings is 1. The molecular weight excluding hydrogens is 300 g/mol. The Kier molecular flexibility index (Phi) is 3.16. The van der Waals surface area contributed by atoms with Gasteiger partial charge >= 0.3 is 0 Å². The highest BCUT2D eigenvalue weighted by atomic mass is 16.5. The van der Waals surface area contributed by atoms with E-state index < -0.39 is 29.6 Å². The van der Waals surface area contributed by atoms with Crippen LogP contribution in [0.4, 0.5) is 0 Å². The molecule has 3 aliphatic heterocycles. The van der Waals surface area contributed by atoms with E-state index in [0.717, 1.165) is 5.01 Å². The van der Waals surface area contributed by atoms with Gasteiger partial charge in [-0.2, -0.15) is 5.01 Å². The van der Waals surface area contributed by atoms with Crippen LogP contribution < -0.4 is 10.2 Å². The highest BCUT2D eigenvalue weighted by Crippen LogP contribution is 2.44. The van der Waals surface area contributed by atoms with Gasteiger partial charge in [0.05, 0.1) is 24.0 Å². The molecule has 2 bridgehead atoms. The summed E-state index contributed by atoms with van der Waals surface area (Å²) in [5.41, 5.74) is 2.33. The molecular formula is C16H14N2O5. The van der Waals surface area contributed by atoms with Gasteiger partial charge in [-0.15, -0.1) is 0 Å². The SMILES string of the molecule is O=C(COc1ccccc1)NN1C(=O)[C@@H]2[C@@H](C1=O)[C@H]1C=C[C@H]2O1. The van der Waals surface area contributed by atoms with E-state index in [0.29, 0.717) is 5.75 Å². The molecule has 4 atom stereocenters. The Hall–Kier alpha value is -2.67. The van der Waals surface area contributed by atoms with Crippen LogP contribution in [0.3, 0.4) is 0 Å². The third-order valence-electron chi connectivity index (χ3n) is 4.26. The standard InChI is InChI=1S/C16H14N2O5/c19-12(8-22-9-4-2-1-3-5-9)17-18-15(20)13-10-6-7-11(23-10)14(13)16(18)21/h1-7,10-11,13-14H,8H2,(H,17,19)/t10-,11-,13+,14+/m1/s1. The van der Waals surface area contributed by atoms with Crippen LogP contribution in [0.5, 0.6) is 5.75 Å². The summed E-state index contributed by atoms with van der Waals surface area (Å²) in [6, 6.07) is 8.82. The normalized spacial score (nSPS) is 30.7. The zero-order valence-corrected chi connectivity index (χ0v) is 12.0. The topological polar surface area (TPSA) is 84.9 Å². The highest BCUT2D eigenvalue weighted by Gasteiger charge is 2.61. The van der Waals surface area contributed by atoms with Crippen molar-refractivity contribution in [3.8, 4) is 5.75 Å². The second kappa shape index (κ2) is 5.20. The number of carbonyl (C=O) groups is 3. The largest absolute Gasteiger partial charge is 0.484 e. The Morgan fingerprint density at radius 3 is 2.30 bits per heavy atom. The zero-order valence-electron chi connectivity index (χ0n) is 12.0. The molecule has 3 heterocycles. The van der Waals surface area contributed by atoms with Gasteiger partial charge in [0.25, 0.3) is 17.7 Å². The van der Waals surface area contributed by atoms with Gasteiger partial charge in [0, 0.05) is 0 Å². The lowest BCUT2D eigenvalue weighted by Gasteiger charge is -2.18. The van der Waals surface area contributed by atoms with E-state index in [-0.39, 0.29) is 18.8 Å². The van der Waals surface area contributed by atoms with Crippen molar-refractivity contribution < 1.29 is 23.9 Å². The maximum absolute atomic E-state index is 12.3. The first-order valence-corrected chi connectivity index (χ1v) is 7.34. The van der Waals surface area contributed by atoms with Crippen molar-refractivity contribution in [2.45, 2.75) is 12.2 Å². The van der Waals surface area contributed by atoms with Gasteiger partial charge in [0.2, 0.25) is 0 Å². The molecule has 0 aliphatic carbocycles. The van der Waals surface area contributed by atoms with Crippen LogP contribution in [0.2, 0.25) is 0 Å². The molecule has 1 aromatic carbocycles. The Balaban J connectivity index is 1.39. The summed E-state index contributed by atoms with van der Waals surface area (Å²) in [7, 11) is 0. The van der Waals surface area contributed by atoms with Crippen LogP contribution in [-0.2, 0) is 19.1 Å². The monoisotopic (exact) mass is 314 g/mol. The fraction of sp³-hybridized carbons (Fsp3) is 0.312. The van der Waals surface area contributed by atoms with Crippen molar-refractivity contribution >= 4 is 17.7 Å². The number of carbonyl (C=O) groups excluding carboxylic acids is 3. The minimum Gasteiger partial charge on any atom is -0.484 e. The molecule has 3 amide bonds. The molecule has 4 rings (SSSR count). The van der Waals surface area contributed by atoms with E-state index in [1.54, 1.807) is 36.4 Å². The molecule has 0 spiro atoms. The summed E-state index contributed by atoms with van der Waals surface area (Å²) in [6.45, 7) is -0.280. The quantitative estimate of drug-likeness (QED) is 0.626. The highest BCUT2D eigenvalue weighted by molar-refractivity contribution is 6.07. The number of amides is 3. The lowest BCUT2D eigenvalue weighted by Crippen LogP contribution is -2.49. The van der Waals surface area contributed by atoms with Crippen LogP contribution in [0.25, 0.3) is 0 Å². The van der Waals surface area contributed by atoms with Crippen LogP contribution in [-0.4, -0.2) is 41.5 Å². The maximum atomic E-state index is 12.3. The summed E-state index contributed by atoms with van der Waals surface area (Å²) in [6.07, 6.45) is 2.84. The molecule has 3 aliphatic rings. The van der Waals surface area contributed by atoms with E-state index in [9.17, 15) is 14.4 Å². The minimum absolute atomic E-state index is 0.280. The average molecular weight is 314 g/mol. The smallest absolute Gasteiger partial charge is 0.276 e. The van der Waals surface area contributed by atoms with Crippen molar-refractivity contribution in [3.05, 3.63) is 42.5 Å². The summed E-state index contributed by atoms with van der Waals surface area (Å²) in [5.74, 6) is -1.94. The number of nitrogens with zero attached hydrogens (tertiary/aromatic N) is 1. The number of nitrogens with one attached hydrogen (secondary N) is 1. The summed E-state index contributed by atoms with van der Waals surface area (Å²) >= 11 is 0. The molecule has 0 saturated carbocycles. The molecule has 2 fully saturated rings. The number of ether oxygens (including phenoxy) is 2. The Labute approximate surface area is 131 Å². The van der Waals surface area contributed by atoms with Crippen LogP contribution in [0.1, 0.15) is 0 Å². The number of hydrogen-bond donors (Lipinski definition) is 1. The average Bonchev–Trinajstić information content (AvgIpc) is 3.24. The first kappa shape index (κ1) is 14.0. The zero-order chi connectivity index (χ0) is 16.0. The van der Waals surface area contributed by atoms with Gasteiger partial charge in [-0.25, -0.2) is 0 Å². The maximum Gasteiger partial charge on any atom is 0.276 e. The minimum atomic E-state index is -0.559. The first-order chi connectivity index (χ1) is 11.1. The van der Waals surface area contributed by atoms with Crippen LogP contribution in [0, 0.1) is 11.8 Å². The Bertz CT molecular complexity index is 672. The van der Waals surface area contributed by atoms with Crippen molar-refractivity contribution in [2.24, 2.45) is 11.8 Å². The number of hydrogen-bond acceptors (Lipinski definition) is 5. The van der Waals surface area contributed by atoms with E-state index in [1.807, 2.05) is 6.07 Å². The third kappa shape index (κ3) is 2.20. The number of fused-ring (bicyclic) bond motifs is 5. The van der Waals surface area contributed by atoms with Gasteiger partial charge in [-0.1, -0.05) is 30.4 Å². The number of imide groups is 1. The molecule has 0 radical (unpaired) electrons. The Morgan fingerprint density at radius 2 is 1.70 bits per heavy atom. The van der Waals surface area contributed by atoms with E-state index in [2.05, 4.69) is 5.43 Å². The second-order valence-corrected chi connectivity index (χ2v) is 5.65. The molecule has 0 aromatic heterocycles.